The minimum Gasteiger partial charge on any atom is -0.334 e. The zero-order chi connectivity index (χ0) is 15.3. The number of pyridine rings is 1. The van der Waals surface area contributed by atoms with E-state index in [0.717, 1.165) is 11.6 Å². The molecular weight excluding hydrogens is 283 g/mol. The third kappa shape index (κ3) is 4.20. The normalized spacial score (nSPS) is 11.0. The molecule has 0 radical (unpaired) electrons. The van der Waals surface area contributed by atoms with Gasteiger partial charge in [-0.15, -0.1) is 0 Å². The molecule has 21 heavy (non-hydrogen) atoms. The van der Waals surface area contributed by atoms with E-state index >= 15 is 0 Å². The van der Waals surface area contributed by atoms with Gasteiger partial charge < -0.3 is 10.6 Å². The minimum atomic E-state index is -4.52. The lowest BCUT2D eigenvalue weighted by atomic mass is 10.1. The van der Waals surface area contributed by atoms with E-state index in [9.17, 15) is 18.0 Å². The van der Waals surface area contributed by atoms with Gasteiger partial charge in [-0.3, -0.25) is 4.98 Å². The monoisotopic (exact) mass is 295 g/mol. The molecule has 2 amide bonds. The Labute approximate surface area is 119 Å². The van der Waals surface area contributed by atoms with E-state index < -0.39 is 17.8 Å². The van der Waals surface area contributed by atoms with Crippen LogP contribution >= 0.6 is 0 Å². The summed E-state index contributed by atoms with van der Waals surface area (Å²) in [5.74, 6) is 0. The molecular formula is C14H12F3N3O. The summed E-state index contributed by atoms with van der Waals surface area (Å²) in [6.45, 7) is 0.197. The van der Waals surface area contributed by atoms with Crippen LogP contribution < -0.4 is 10.6 Å². The SMILES string of the molecule is O=C(NCc1ccncc1)Nc1ccccc1C(F)(F)F. The number of halogens is 3. The highest BCUT2D eigenvalue weighted by Gasteiger charge is 2.33. The maximum Gasteiger partial charge on any atom is 0.418 e. The van der Waals surface area contributed by atoms with Crippen molar-refractivity contribution < 1.29 is 18.0 Å². The van der Waals surface area contributed by atoms with Crippen LogP contribution in [-0.4, -0.2) is 11.0 Å². The number of alkyl halides is 3. The van der Waals surface area contributed by atoms with Crippen molar-refractivity contribution >= 4 is 11.7 Å². The fraction of sp³-hybridized carbons (Fsp3) is 0.143. The smallest absolute Gasteiger partial charge is 0.334 e. The number of aromatic nitrogens is 1. The highest BCUT2D eigenvalue weighted by Crippen LogP contribution is 2.34. The predicted molar refractivity (Wildman–Crippen MR) is 71.5 cm³/mol. The zero-order valence-electron chi connectivity index (χ0n) is 10.8. The van der Waals surface area contributed by atoms with Crippen molar-refractivity contribution in [1.29, 1.82) is 0 Å². The summed E-state index contributed by atoms with van der Waals surface area (Å²) in [6.07, 6.45) is -1.39. The van der Waals surface area contributed by atoms with Gasteiger partial charge in [-0.2, -0.15) is 13.2 Å². The minimum absolute atomic E-state index is 0.197. The van der Waals surface area contributed by atoms with Crippen LogP contribution in [0.1, 0.15) is 11.1 Å². The van der Waals surface area contributed by atoms with Crippen LogP contribution in [0.4, 0.5) is 23.7 Å². The van der Waals surface area contributed by atoms with Crippen LogP contribution in [0.15, 0.2) is 48.8 Å². The third-order valence-corrected chi connectivity index (χ3v) is 2.68. The average Bonchev–Trinajstić information content (AvgIpc) is 2.46. The summed E-state index contributed by atoms with van der Waals surface area (Å²) in [4.78, 5) is 15.5. The summed E-state index contributed by atoms with van der Waals surface area (Å²) in [5.41, 5.74) is -0.370. The van der Waals surface area contributed by atoms with Crippen LogP contribution in [-0.2, 0) is 12.7 Å². The van der Waals surface area contributed by atoms with Crippen molar-refractivity contribution in [1.82, 2.24) is 10.3 Å². The number of nitrogens with zero attached hydrogens (tertiary/aromatic N) is 1. The maximum atomic E-state index is 12.8. The number of nitrogens with one attached hydrogen (secondary N) is 2. The second-order valence-electron chi connectivity index (χ2n) is 4.21. The Morgan fingerprint density at radius 3 is 2.43 bits per heavy atom. The summed E-state index contributed by atoms with van der Waals surface area (Å²) in [6, 6.07) is 7.50. The molecule has 0 bridgehead atoms. The number of carbonyl (C=O) groups excluding carboxylic acids is 1. The van der Waals surface area contributed by atoms with Gasteiger partial charge >= 0.3 is 12.2 Å². The molecule has 0 spiro atoms. The van der Waals surface area contributed by atoms with Crippen molar-refractivity contribution in [3.05, 3.63) is 59.9 Å². The Hall–Kier alpha value is -2.57. The predicted octanol–water partition coefficient (Wildman–Crippen LogP) is 3.42. The number of hydrogen-bond donors (Lipinski definition) is 2. The number of carbonyl (C=O) groups is 1. The van der Waals surface area contributed by atoms with Gasteiger partial charge in [-0.05, 0) is 29.8 Å². The number of anilines is 1. The maximum absolute atomic E-state index is 12.8. The van der Waals surface area contributed by atoms with Gasteiger partial charge in [0.05, 0.1) is 11.3 Å². The Morgan fingerprint density at radius 2 is 1.76 bits per heavy atom. The van der Waals surface area contributed by atoms with Crippen molar-refractivity contribution in [3.63, 3.8) is 0 Å². The standard InChI is InChI=1S/C14H12F3N3O/c15-14(16,17)11-3-1-2-4-12(11)20-13(21)19-9-10-5-7-18-8-6-10/h1-8H,9H2,(H2,19,20,21). The first-order chi connectivity index (χ1) is 9.97. The molecule has 0 aliphatic rings. The van der Waals surface area contributed by atoms with E-state index in [1.165, 1.54) is 18.2 Å². The topological polar surface area (TPSA) is 54.0 Å². The molecule has 0 aliphatic heterocycles. The Bertz CT molecular complexity index is 614. The van der Waals surface area contributed by atoms with Gasteiger partial charge in [0.1, 0.15) is 0 Å². The van der Waals surface area contributed by atoms with Crippen molar-refractivity contribution in [2.75, 3.05) is 5.32 Å². The Balaban J connectivity index is 2.00. The molecule has 4 nitrogen and oxygen atoms in total. The first-order valence-electron chi connectivity index (χ1n) is 6.07. The Kier molecular flexibility index (Phi) is 4.42. The second-order valence-corrected chi connectivity index (χ2v) is 4.21. The highest BCUT2D eigenvalue weighted by molar-refractivity contribution is 5.90. The molecule has 110 valence electrons. The van der Waals surface area contributed by atoms with E-state index in [4.69, 9.17) is 0 Å². The molecule has 0 unspecified atom stereocenters. The highest BCUT2D eigenvalue weighted by atomic mass is 19.4. The Morgan fingerprint density at radius 1 is 1.10 bits per heavy atom. The summed E-state index contributed by atoms with van der Waals surface area (Å²) < 4.78 is 38.3. The summed E-state index contributed by atoms with van der Waals surface area (Å²) in [5, 5.41) is 4.68. The van der Waals surface area contributed by atoms with Gasteiger partial charge in [0.2, 0.25) is 0 Å². The fourth-order valence-corrected chi connectivity index (χ4v) is 1.69. The lowest BCUT2D eigenvalue weighted by Gasteiger charge is -2.14. The second kappa shape index (κ2) is 6.25. The number of urea groups is 1. The van der Waals surface area contributed by atoms with Gasteiger partial charge in [0.15, 0.2) is 0 Å². The van der Waals surface area contributed by atoms with E-state index in [0.29, 0.717) is 0 Å². The zero-order valence-corrected chi connectivity index (χ0v) is 10.8. The van der Waals surface area contributed by atoms with Crippen LogP contribution in [0.2, 0.25) is 0 Å². The number of benzene rings is 1. The quantitative estimate of drug-likeness (QED) is 0.911. The van der Waals surface area contributed by atoms with E-state index in [2.05, 4.69) is 15.6 Å². The van der Waals surface area contributed by atoms with Crippen molar-refractivity contribution in [3.8, 4) is 0 Å². The molecule has 7 heteroatoms. The molecule has 1 aromatic carbocycles. The molecule has 2 rings (SSSR count). The van der Waals surface area contributed by atoms with E-state index in [-0.39, 0.29) is 12.2 Å². The molecule has 0 aliphatic carbocycles. The number of amides is 2. The molecule has 1 heterocycles. The molecule has 0 saturated carbocycles. The molecule has 0 fully saturated rings. The number of para-hydroxylation sites is 1. The summed E-state index contributed by atoms with van der Waals surface area (Å²) >= 11 is 0. The lowest BCUT2D eigenvalue weighted by molar-refractivity contribution is -0.136. The van der Waals surface area contributed by atoms with Gasteiger partial charge in [-0.25, -0.2) is 4.79 Å². The van der Waals surface area contributed by atoms with Gasteiger partial charge in [-0.1, -0.05) is 12.1 Å². The van der Waals surface area contributed by atoms with Crippen LogP contribution in [0.5, 0.6) is 0 Å². The molecule has 0 atom stereocenters. The average molecular weight is 295 g/mol. The molecule has 1 aromatic heterocycles. The van der Waals surface area contributed by atoms with Crippen LogP contribution in [0.25, 0.3) is 0 Å². The number of hydrogen-bond acceptors (Lipinski definition) is 2. The third-order valence-electron chi connectivity index (χ3n) is 2.68. The first-order valence-corrected chi connectivity index (χ1v) is 6.07. The van der Waals surface area contributed by atoms with Crippen LogP contribution in [0, 0.1) is 0 Å². The van der Waals surface area contributed by atoms with Gasteiger partial charge in [0.25, 0.3) is 0 Å². The van der Waals surface area contributed by atoms with Crippen LogP contribution in [0.3, 0.4) is 0 Å². The largest absolute Gasteiger partial charge is 0.418 e. The van der Waals surface area contributed by atoms with Gasteiger partial charge in [0, 0.05) is 18.9 Å². The number of rotatable bonds is 3. The molecule has 2 N–H and O–H groups in total. The first kappa shape index (κ1) is 14.8. The van der Waals surface area contributed by atoms with Crippen molar-refractivity contribution in [2.24, 2.45) is 0 Å². The van der Waals surface area contributed by atoms with E-state index in [1.807, 2.05) is 0 Å². The summed E-state index contributed by atoms with van der Waals surface area (Å²) in [7, 11) is 0. The molecule has 0 saturated heterocycles. The van der Waals surface area contributed by atoms with E-state index in [1.54, 1.807) is 24.5 Å². The lowest BCUT2D eigenvalue weighted by Crippen LogP contribution is -2.29. The molecule has 2 aromatic rings. The van der Waals surface area contributed by atoms with Crippen molar-refractivity contribution in [2.45, 2.75) is 12.7 Å². The fourth-order valence-electron chi connectivity index (χ4n) is 1.69.